The predicted octanol–water partition coefficient (Wildman–Crippen LogP) is -0.0354. The lowest BCUT2D eigenvalue weighted by Crippen LogP contribution is -2.50. The van der Waals surface area contributed by atoms with Gasteiger partial charge in [-0.3, -0.25) is 14.5 Å². The van der Waals surface area contributed by atoms with Gasteiger partial charge in [-0.1, -0.05) is 30.3 Å². The molecule has 0 radical (unpaired) electrons. The molecule has 0 spiro atoms. The molecule has 0 bridgehead atoms. The van der Waals surface area contributed by atoms with Crippen LogP contribution in [0.2, 0.25) is 0 Å². The Labute approximate surface area is 166 Å². The van der Waals surface area contributed by atoms with Crippen LogP contribution in [0.5, 0.6) is 0 Å². The summed E-state index contributed by atoms with van der Waals surface area (Å²) >= 11 is 0. The van der Waals surface area contributed by atoms with Gasteiger partial charge in [0, 0.05) is 25.7 Å². The maximum Gasteiger partial charge on any atom is 0.239 e. The average Bonchev–Trinajstić information content (AvgIpc) is 2.61. The third kappa shape index (κ3) is 9.35. The standard InChI is InChI=1S/C17H26N4O3.2ClH/c18-11-16(22)19-12-17(23)20-15(10-14-4-2-1-3-5-14)13-21-6-8-24-9-7-21;;/h1-5,15H,6-13,18H2,(H,19,22)(H,20,23);2*1H. The number of morpholine rings is 1. The van der Waals surface area contributed by atoms with Crippen molar-refractivity contribution in [3.8, 4) is 0 Å². The lowest BCUT2D eigenvalue weighted by molar-refractivity contribution is -0.125. The van der Waals surface area contributed by atoms with E-state index in [2.05, 4.69) is 27.7 Å². The first-order valence-corrected chi connectivity index (χ1v) is 8.27. The fraction of sp³-hybridized carbons (Fsp3) is 0.529. The van der Waals surface area contributed by atoms with Gasteiger partial charge in [0.2, 0.25) is 11.8 Å². The highest BCUT2D eigenvalue weighted by Gasteiger charge is 2.19. The molecule has 9 heteroatoms. The third-order valence-corrected chi connectivity index (χ3v) is 3.90. The number of amides is 2. The summed E-state index contributed by atoms with van der Waals surface area (Å²) in [6.07, 6.45) is 0.745. The highest BCUT2D eigenvalue weighted by Crippen LogP contribution is 2.06. The van der Waals surface area contributed by atoms with E-state index in [4.69, 9.17) is 10.5 Å². The molecular formula is C17H28Cl2N4O3. The minimum Gasteiger partial charge on any atom is -0.379 e. The lowest BCUT2D eigenvalue weighted by Gasteiger charge is -2.31. The fourth-order valence-corrected chi connectivity index (χ4v) is 2.68. The number of ether oxygens (including phenoxy) is 1. The van der Waals surface area contributed by atoms with E-state index in [1.165, 1.54) is 5.56 Å². The summed E-state index contributed by atoms with van der Waals surface area (Å²) in [4.78, 5) is 25.6. The second kappa shape index (κ2) is 13.8. The van der Waals surface area contributed by atoms with Crippen molar-refractivity contribution in [3.05, 3.63) is 35.9 Å². The highest BCUT2D eigenvalue weighted by molar-refractivity contribution is 5.86. The zero-order valence-electron chi connectivity index (χ0n) is 14.7. The first-order valence-electron chi connectivity index (χ1n) is 8.27. The zero-order valence-corrected chi connectivity index (χ0v) is 16.3. The van der Waals surface area contributed by atoms with Gasteiger partial charge >= 0.3 is 0 Å². The topological polar surface area (TPSA) is 96.7 Å². The van der Waals surface area contributed by atoms with Gasteiger partial charge in [-0.25, -0.2) is 0 Å². The van der Waals surface area contributed by atoms with Gasteiger partial charge in [0.15, 0.2) is 0 Å². The molecule has 1 saturated heterocycles. The molecule has 1 atom stereocenters. The molecule has 0 aromatic heterocycles. The zero-order chi connectivity index (χ0) is 17.2. The summed E-state index contributed by atoms with van der Waals surface area (Å²) in [5, 5.41) is 5.51. The largest absolute Gasteiger partial charge is 0.379 e. The molecular weight excluding hydrogens is 379 g/mol. The third-order valence-electron chi connectivity index (χ3n) is 3.90. The first kappa shape index (κ1) is 24.6. The number of rotatable bonds is 8. The van der Waals surface area contributed by atoms with Crippen molar-refractivity contribution < 1.29 is 14.3 Å². The van der Waals surface area contributed by atoms with E-state index < -0.39 is 0 Å². The number of carbonyl (C=O) groups excluding carboxylic acids is 2. The molecule has 1 aromatic carbocycles. The van der Waals surface area contributed by atoms with Gasteiger partial charge in [0.05, 0.1) is 26.3 Å². The Bertz CT molecular complexity index is 528. The van der Waals surface area contributed by atoms with Gasteiger partial charge < -0.3 is 21.1 Å². The van der Waals surface area contributed by atoms with Gasteiger partial charge in [-0.05, 0) is 12.0 Å². The Balaban J connectivity index is 0.00000312. The fourth-order valence-electron chi connectivity index (χ4n) is 2.68. The van der Waals surface area contributed by atoms with Crippen molar-refractivity contribution in [1.29, 1.82) is 0 Å². The van der Waals surface area contributed by atoms with Gasteiger partial charge in [-0.2, -0.15) is 0 Å². The molecule has 1 aliphatic heterocycles. The monoisotopic (exact) mass is 406 g/mol. The summed E-state index contributed by atoms with van der Waals surface area (Å²) in [6, 6.07) is 10.0. The number of halogens is 2. The second-order valence-electron chi connectivity index (χ2n) is 5.85. The van der Waals surface area contributed by atoms with Crippen molar-refractivity contribution >= 4 is 36.6 Å². The minimum absolute atomic E-state index is 0. The van der Waals surface area contributed by atoms with Crippen LogP contribution in [-0.2, 0) is 20.7 Å². The van der Waals surface area contributed by atoms with Gasteiger partial charge in [0.1, 0.15) is 0 Å². The van der Waals surface area contributed by atoms with E-state index in [1.54, 1.807) is 0 Å². The number of nitrogens with two attached hydrogens (primary N) is 1. The molecule has 2 rings (SSSR count). The molecule has 1 unspecified atom stereocenters. The summed E-state index contributed by atoms with van der Waals surface area (Å²) in [5.41, 5.74) is 6.39. The molecule has 0 aliphatic carbocycles. The first-order chi connectivity index (χ1) is 11.7. The lowest BCUT2D eigenvalue weighted by atomic mass is 10.1. The van der Waals surface area contributed by atoms with E-state index in [1.807, 2.05) is 18.2 Å². The molecule has 4 N–H and O–H groups in total. The van der Waals surface area contributed by atoms with Crippen molar-refractivity contribution in [2.75, 3.05) is 45.9 Å². The van der Waals surface area contributed by atoms with Crippen LogP contribution in [0, 0.1) is 0 Å². The van der Waals surface area contributed by atoms with Crippen LogP contribution in [0.3, 0.4) is 0 Å². The summed E-state index contributed by atoms with van der Waals surface area (Å²) in [6.45, 7) is 3.76. The smallest absolute Gasteiger partial charge is 0.239 e. The number of benzene rings is 1. The van der Waals surface area contributed by atoms with Crippen LogP contribution >= 0.6 is 24.8 Å². The van der Waals surface area contributed by atoms with Crippen LogP contribution in [0.1, 0.15) is 5.56 Å². The summed E-state index contributed by atoms with van der Waals surface area (Å²) in [5.74, 6) is -0.538. The number of nitrogens with one attached hydrogen (secondary N) is 2. The van der Waals surface area contributed by atoms with E-state index >= 15 is 0 Å². The number of nitrogens with zero attached hydrogens (tertiary/aromatic N) is 1. The highest BCUT2D eigenvalue weighted by atomic mass is 35.5. The number of hydrogen-bond donors (Lipinski definition) is 3. The van der Waals surface area contributed by atoms with Crippen molar-refractivity contribution in [2.24, 2.45) is 5.73 Å². The molecule has 148 valence electrons. The molecule has 1 fully saturated rings. The van der Waals surface area contributed by atoms with Gasteiger partial charge in [0.25, 0.3) is 0 Å². The van der Waals surface area contributed by atoms with Crippen LogP contribution in [0.15, 0.2) is 30.3 Å². The quantitative estimate of drug-likeness (QED) is 0.562. The number of hydrogen-bond acceptors (Lipinski definition) is 5. The Hall–Kier alpha value is -1.38. The molecule has 0 saturated carbocycles. The van der Waals surface area contributed by atoms with Crippen molar-refractivity contribution in [1.82, 2.24) is 15.5 Å². The Kier molecular flexibility index (Phi) is 13.0. The van der Waals surface area contributed by atoms with Gasteiger partial charge in [-0.15, -0.1) is 24.8 Å². The second-order valence-corrected chi connectivity index (χ2v) is 5.85. The molecule has 2 amide bonds. The summed E-state index contributed by atoms with van der Waals surface area (Å²) < 4.78 is 5.37. The maximum atomic E-state index is 12.1. The Morgan fingerprint density at radius 2 is 1.77 bits per heavy atom. The maximum absolute atomic E-state index is 12.1. The molecule has 26 heavy (non-hydrogen) atoms. The van der Waals surface area contributed by atoms with Crippen LogP contribution < -0.4 is 16.4 Å². The molecule has 1 heterocycles. The minimum atomic E-state index is -0.335. The van der Waals surface area contributed by atoms with E-state index in [-0.39, 0.29) is 55.8 Å². The van der Waals surface area contributed by atoms with Crippen molar-refractivity contribution in [2.45, 2.75) is 12.5 Å². The van der Waals surface area contributed by atoms with Crippen LogP contribution in [0.25, 0.3) is 0 Å². The summed E-state index contributed by atoms with van der Waals surface area (Å²) in [7, 11) is 0. The molecule has 7 nitrogen and oxygen atoms in total. The normalized spacial score (nSPS) is 15.1. The van der Waals surface area contributed by atoms with Crippen LogP contribution in [0.4, 0.5) is 0 Å². The predicted molar refractivity (Wildman–Crippen MR) is 106 cm³/mol. The molecule has 1 aliphatic rings. The Morgan fingerprint density at radius 1 is 1.12 bits per heavy atom. The van der Waals surface area contributed by atoms with E-state index in [0.717, 1.165) is 39.3 Å². The Morgan fingerprint density at radius 3 is 2.38 bits per heavy atom. The SMILES string of the molecule is Cl.Cl.NCC(=O)NCC(=O)NC(Cc1ccccc1)CN1CCOCC1. The van der Waals surface area contributed by atoms with Crippen LogP contribution in [-0.4, -0.2) is 68.7 Å². The number of carbonyl (C=O) groups is 2. The molecule has 1 aromatic rings. The average molecular weight is 407 g/mol. The van der Waals surface area contributed by atoms with E-state index in [0.29, 0.717) is 0 Å². The van der Waals surface area contributed by atoms with Crippen molar-refractivity contribution in [3.63, 3.8) is 0 Å². The van der Waals surface area contributed by atoms with E-state index in [9.17, 15) is 9.59 Å².